The van der Waals surface area contributed by atoms with Crippen molar-refractivity contribution in [2.75, 3.05) is 19.4 Å². The molecule has 1 amide bonds. The van der Waals surface area contributed by atoms with Crippen LogP contribution in [0, 0.1) is 5.92 Å². The maximum atomic E-state index is 12.3. The van der Waals surface area contributed by atoms with E-state index >= 15 is 0 Å². The molecule has 1 aliphatic rings. The van der Waals surface area contributed by atoms with E-state index in [9.17, 15) is 18.0 Å². The molecule has 0 aliphatic heterocycles. The van der Waals surface area contributed by atoms with Crippen LogP contribution < -0.4 is 15.8 Å². The molecule has 7 nitrogen and oxygen atoms in total. The van der Waals surface area contributed by atoms with Crippen LogP contribution in [0.25, 0.3) is 0 Å². The first-order valence-corrected chi connectivity index (χ1v) is 9.71. The van der Waals surface area contributed by atoms with Crippen LogP contribution >= 0.6 is 0 Å². The predicted molar refractivity (Wildman–Crippen MR) is 107 cm³/mol. The summed E-state index contributed by atoms with van der Waals surface area (Å²) in [6.45, 7) is 2.17. The lowest BCUT2D eigenvalue weighted by atomic mass is 9.82. The molecule has 0 saturated heterocycles. The van der Waals surface area contributed by atoms with Crippen molar-refractivity contribution in [3.05, 3.63) is 36.0 Å². The van der Waals surface area contributed by atoms with Crippen molar-refractivity contribution in [3.63, 3.8) is 0 Å². The molecule has 1 aliphatic carbocycles. The molecular weight excluding hydrogens is 399 g/mol. The minimum Gasteiger partial charge on any atom is -0.406 e. The lowest BCUT2D eigenvalue weighted by Gasteiger charge is -2.37. The molecule has 3 N–H and O–H groups in total. The summed E-state index contributed by atoms with van der Waals surface area (Å²) >= 11 is 0. The normalized spacial score (nSPS) is 22.2. The molecule has 164 valence electrons. The number of alkyl halides is 3. The van der Waals surface area contributed by atoms with Gasteiger partial charge in [0.1, 0.15) is 11.3 Å². The van der Waals surface area contributed by atoms with Gasteiger partial charge in [0.25, 0.3) is 5.91 Å². The summed E-state index contributed by atoms with van der Waals surface area (Å²) in [5.74, 6) is -0.331. The number of hydrogen-bond donors (Lipinski definition) is 2. The number of amides is 1. The number of halogens is 3. The summed E-state index contributed by atoms with van der Waals surface area (Å²) in [6, 6.07) is 5.84. The number of aromatic nitrogens is 2. The summed E-state index contributed by atoms with van der Waals surface area (Å²) in [4.78, 5) is 14.1. The Balaban J connectivity index is 1.77. The van der Waals surface area contributed by atoms with E-state index in [0.29, 0.717) is 17.6 Å². The SMILES string of the molecule is C[C@H]1C[C@H](N(C)C)CC[C@@H]1n1cc(C(N)=O)c(Nc2ccc(OC(F)(F)F)cc2)n1. The Kier molecular flexibility index (Phi) is 6.25. The zero-order chi connectivity index (χ0) is 22.1. The molecule has 0 radical (unpaired) electrons. The van der Waals surface area contributed by atoms with Gasteiger partial charge in [0.05, 0.1) is 6.04 Å². The van der Waals surface area contributed by atoms with Crippen molar-refractivity contribution in [2.24, 2.45) is 11.7 Å². The first-order chi connectivity index (χ1) is 14.0. The molecular formula is C20H26F3N5O2. The number of hydrogen-bond acceptors (Lipinski definition) is 5. The molecule has 3 atom stereocenters. The number of nitrogens with zero attached hydrogens (tertiary/aromatic N) is 3. The average Bonchev–Trinajstić information content (AvgIpc) is 3.05. The molecule has 0 spiro atoms. The van der Waals surface area contributed by atoms with Gasteiger partial charge in [-0.2, -0.15) is 5.10 Å². The van der Waals surface area contributed by atoms with E-state index in [1.807, 2.05) is 0 Å². The highest BCUT2D eigenvalue weighted by Gasteiger charge is 2.32. The first kappa shape index (κ1) is 21.9. The number of nitrogens with two attached hydrogens (primary N) is 1. The predicted octanol–water partition coefficient (Wildman–Crippen LogP) is 3.92. The minimum absolute atomic E-state index is 0.136. The van der Waals surface area contributed by atoms with Gasteiger partial charge >= 0.3 is 6.36 Å². The zero-order valence-corrected chi connectivity index (χ0v) is 17.1. The van der Waals surface area contributed by atoms with Gasteiger partial charge < -0.3 is 20.7 Å². The highest BCUT2D eigenvalue weighted by atomic mass is 19.4. The smallest absolute Gasteiger partial charge is 0.406 e. The van der Waals surface area contributed by atoms with Crippen LogP contribution in [0.1, 0.15) is 42.6 Å². The van der Waals surface area contributed by atoms with Crippen LogP contribution in [0.15, 0.2) is 30.5 Å². The molecule has 0 unspecified atom stereocenters. The molecule has 1 heterocycles. The Labute approximate surface area is 173 Å². The zero-order valence-electron chi connectivity index (χ0n) is 17.1. The van der Waals surface area contributed by atoms with E-state index in [4.69, 9.17) is 5.73 Å². The second-order valence-corrected chi connectivity index (χ2v) is 7.91. The highest BCUT2D eigenvalue weighted by Crippen LogP contribution is 2.36. The van der Waals surface area contributed by atoms with Gasteiger partial charge in [-0.05, 0) is 63.5 Å². The molecule has 1 aromatic heterocycles. The maximum Gasteiger partial charge on any atom is 0.573 e. The Bertz CT molecular complexity index is 880. The van der Waals surface area contributed by atoms with E-state index in [1.54, 1.807) is 10.9 Å². The van der Waals surface area contributed by atoms with Crippen molar-refractivity contribution >= 4 is 17.4 Å². The van der Waals surface area contributed by atoms with Gasteiger partial charge in [0.15, 0.2) is 5.82 Å². The van der Waals surface area contributed by atoms with E-state index in [1.165, 1.54) is 24.3 Å². The number of primary amides is 1. The second kappa shape index (κ2) is 8.55. The maximum absolute atomic E-state index is 12.3. The first-order valence-electron chi connectivity index (χ1n) is 9.71. The number of anilines is 2. The van der Waals surface area contributed by atoms with Crippen LogP contribution in [0.5, 0.6) is 5.75 Å². The number of benzene rings is 1. The lowest BCUT2D eigenvalue weighted by molar-refractivity contribution is -0.274. The van der Waals surface area contributed by atoms with Crippen molar-refractivity contribution in [1.29, 1.82) is 0 Å². The Morgan fingerprint density at radius 3 is 2.47 bits per heavy atom. The molecule has 10 heteroatoms. The number of rotatable bonds is 6. The fourth-order valence-electron chi connectivity index (χ4n) is 3.92. The van der Waals surface area contributed by atoms with Crippen molar-refractivity contribution in [3.8, 4) is 5.75 Å². The van der Waals surface area contributed by atoms with E-state index in [-0.39, 0.29) is 23.2 Å². The molecule has 1 fully saturated rings. The van der Waals surface area contributed by atoms with Crippen LogP contribution in [0.3, 0.4) is 0 Å². The van der Waals surface area contributed by atoms with Crippen LogP contribution in [-0.2, 0) is 0 Å². The van der Waals surface area contributed by atoms with Gasteiger partial charge in [-0.25, -0.2) is 0 Å². The molecule has 2 aromatic rings. The summed E-state index contributed by atoms with van der Waals surface area (Å²) < 4.78 is 42.6. The van der Waals surface area contributed by atoms with Gasteiger partial charge in [-0.3, -0.25) is 9.48 Å². The molecule has 3 rings (SSSR count). The van der Waals surface area contributed by atoms with E-state index < -0.39 is 12.3 Å². The van der Waals surface area contributed by atoms with Crippen LogP contribution in [0.2, 0.25) is 0 Å². The Morgan fingerprint density at radius 1 is 1.27 bits per heavy atom. The van der Waals surface area contributed by atoms with Crippen LogP contribution in [0.4, 0.5) is 24.7 Å². The van der Waals surface area contributed by atoms with E-state index in [0.717, 1.165) is 19.3 Å². The van der Waals surface area contributed by atoms with Crippen LogP contribution in [-0.4, -0.2) is 47.1 Å². The molecule has 1 aromatic carbocycles. The van der Waals surface area contributed by atoms with Gasteiger partial charge in [0, 0.05) is 17.9 Å². The monoisotopic (exact) mass is 425 g/mol. The average molecular weight is 425 g/mol. The summed E-state index contributed by atoms with van der Waals surface area (Å²) in [5, 5.41) is 7.50. The Morgan fingerprint density at radius 2 is 1.93 bits per heavy atom. The molecule has 1 saturated carbocycles. The fraction of sp³-hybridized carbons (Fsp3) is 0.500. The fourth-order valence-corrected chi connectivity index (χ4v) is 3.92. The lowest BCUT2D eigenvalue weighted by Crippen LogP contribution is -2.37. The number of carbonyl (C=O) groups is 1. The van der Waals surface area contributed by atoms with Gasteiger partial charge in [-0.15, -0.1) is 13.2 Å². The number of ether oxygens (including phenoxy) is 1. The van der Waals surface area contributed by atoms with Crippen molar-refractivity contribution < 1.29 is 22.7 Å². The summed E-state index contributed by atoms with van der Waals surface area (Å²) in [7, 11) is 4.15. The topological polar surface area (TPSA) is 85.4 Å². The second-order valence-electron chi connectivity index (χ2n) is 7.91. The van der Waals surface area contributed by atoms with E-state index in [2.05, 4.69) is 41.1 Å². The third-order valence-corrected chi connectivity index (χ3v) is 5.51. The highest BCUT2D eigenvalue weighted by molar-refractivity contribution is 5.98. The summed E-state index contributed by atoms with van der Waals surface area (Å²) in [6.07, 6.45) is -0.144. The van der Waals surface area contributed by atoms with Gasteiger partial charge in [-0.1, -0.05) is 6.92 Å². The third-order valence-electron chi connectivity index (χ3n) is 5.51. The largest absolute Gasteiger partial charge is 0.573 e. The van der Waals surface area contributed by atoms with Crippen molar-refractivity contribution in [2.45, 2.75) is 44.6 Å². The molecule has 0 bridgehead atoms. The van der Waals surface area contributed by atoms with Gasteiger partial charge in [0.2, 0.25) is 0 Å². The third kappa shape index (κ3) is 5.24. The standard InChI is InChI=1S/C20H26F3N5O2/c1-12-10-14(27(2)3)6-9-17(12)28-11-16(18(24)29)19(26-28)25-13-4-7-15(8-5-13)30-20(21,22)23/h4-5,7-8,11-12,14,17H,6,9-10H2,1-3H3,(H2,24,29)(H,25,26)/t12-,14+,17-/m0/s1. The number of nitrogens with one attached hydrogen (secondary N) is 1. The Hall–Kier alpha value is -2.75. The summed E-state index contributed by atoms with van der Waals surface area (Å²) in [5.41, 5.74) is 6.21. The minimum atomic E-state index is -4.75. The quantitative estimate of drug-likeness (QED) is 0.733. The number of carbonyl (C=O) groups excluding carboxylic acids is 1. The molecule has 30 heavy (non-hydrogen) atoms. The van der Waals surface area contributed by atoms with Crippen molar-refractivity contribution in [1.82, 2.24) is 14.7 Å².